The summed E-state index contributed by atoms with van der Waals surface area (Å²) < 4.78 is 0. The standard InChI is InChI=1S/C18H25ClN2O2S/c1-13-6-5-10-21(12-13)18(23)16(9-11-24-2)20-17(22)14-7-3-4-8-15(14)19/h3-4,7-8,13,16H,5-6,9-12H2,1-2H3,(H,20,22)/t13-,16-/m1/s1. The fourth-order valence-corrected chi connectivity index (χ4v) is 3.68. The van der Waals surface area contributed by atoms with Crippen LogP contribution in [0.1, 0.15) is 36.5 Å². The number of amides is 2. The van der Waals surface area contributed by atoms with Gasteiger partial charge in [-0.15, -0.1) is 0 Å². The molecule has 132 valence electrons. The summed E-state index contributed by atoms with van der Waals surface area (Å²) >= 11 is 7.77. The third-order valence-corrected chi connectivity index (χ3v) is 5.27. The Morgan fingerprint density at radius 1 is 1.42 bits per heavy atom. The van der Waals surface area contributed by atoms with Crippen molar-refractivity contribution in [2.24, 2.45) is 5.92 Å². The van der Waals surface area contributed by atoms with Gasteiger partial charge in [-0.1, -0.05) is 30.7 Å². The van der Waals surface area contributed by atoms with E-state index in [1.807, 2.05) is 11.2 Å². The Balaban J connectivity index is 2.08. The average Bonchev–Trinajstić information content (AvgIpc) is 2.58. The quantitative estimate of drug-likeness (QED) is 0.836. The molecule has 1 saturated heterocycles. The predicted molar refractivity (Wildman–Crippen MR) is 101 cm³/mol. The third kappa shape index (κ3) is 5.15. The van der Waals surface area contributed by atoms with Gasteiger partial charge in [-0.05, 0) is 49.3 Å². The van der Waals surface area contributed by atoms with E-state index in [1.165, 1.54) is 0 Å². The highest BCUT2D eigenvalue weighted by Crippen LogP contribution is 2.19. The van der Waals surface area contributed by atoms with Crippen molar-refractivity contribution in [2.75, 3.05) is 25.1 Å². The lowest BCUT2D eigenvalue weighted by Gasteiger charge is -2.33. The van der Waals surface area contributed by atoms with Crippen molar-refractivity contribution in [3.05, 3.63) is 34.9 Å². The topological polar surface area (TPSA) is 49.4 Å². The monoisotopic (exact) mass is 368 g/mol. The molecular weight excluding hydrogens is 344 g/mol. The number of nitrogens with zero attached hydrogens (tertiary/aromatic N) is 1. The molecular formula is C18H25ClN2O2S. The van der Waals surface area contributed by atoms with Gasteiger partial charge in [0.2, 0.25) is 5.91 Å². The molecule has 1 N–H and O–H groups in total. The lowest BCUT2D eigenvalue weighted by atomic mass is 9.99. The summed E-state index contributed by atoms with van der Waals surface area (Å²) in [5.74, 6) is 1.08. The minimum atomic E-state index is -0.494. The number of hydrogen-bond donors (Lipinski definition) is 1. The smallest absolute Gasteiger partial charge is 0.253 e. The maximum Gasteiger partial charge on any atom is 0.253 e. The van der Waals surface area contributed by atoms with Crippen LogP contribution in [0.15, 0.2) is 24.3 Å². The molecule has 1 heterocycles. The van der Waals surface area contributed by atoms with Crippen LogP contribution in [-0.4, -0.2) is 47.9 Å². The highest BCUT2D eigenvalue weighted by Gasteiger charge is 2.29. The number of carbonyl (C=O) groups is 2. The summed E-state index contributed by atoms with van der Waals surface area (Å²) in [5, 5.41) is 3.29. The van der Waals surface area contributed by atoms with Crippen molar-refractivity contribution < 1.29 is 9.59 Å². The number of likely N-dealkylation sites (tertiary alicyclic amines) is 1. The lowest BCUT2D eigenvalue weighted by Crippen LogP contribution is -2.51. The number of halogens is 1. The normalized spacial score (nSPS) is 19.0. The first kappa shape index (κ1) is 19.1. The summed E-state index contributed by atoms with van der Waals surface area (Å²) in [7, 11) is 0. The van der Waals surface area contributed by atoms with Crippen LogP contribution >= 0.6 is 23.4 Å². The van der Waals surface area contributed by atoms with E-state index in [0.29, 0.717) is 22.9 Å². The van der Waals surface area contributed by atoms with E-state index in [-0.39, 0.29) is 11.8 Å². The van der Waals surface area contributed by atoms with E-state index in [1.54, 1.807) is 36.0 Å². The molecule has 1 aromatic rings. The van der Waals surface area contributed by atoms with Gasteiger partial charge in [0.15, 0.2) is 0 Å². The molecule has 1 aliphatic rings. The molecule has 0 saturated carbocycles. The van der Waals surface area contributed by atoms with Crippen LogP contribution in [0.3, 0.4) is 0 Å². The maximum absolute atomic E-state index is 12.9. The molecule has 0 bridgehead atoms. The molecule has 0 radical (unpaired) electrons. The van der Waals surface area contributed by atoms with Crippen LogP contribution < -0.4 is 5.32 Å². The van der Waals surface area contributed by atoms with Crippen LogP contribution in [-0.2, 0) is 4.79 Å². The predicted octanol–water partition coefficient (Wildman–Crippen LogP) is 3.45. The molecule has 1 aliphatic heterocycles. The molecule has 24 heavy (non-hydrogen) atoms. The van der Waals surface area contributed by atoms with Crippen molar-refractivity contribution in [3.8, 4) is 0 Å². The molecule has 0 unspecified atom stereocenters. The first-order valence-corrected chi connectivity index (χ1v) is 10.1. The molecule has 2 atom stereocenters. The van der Waals surface area contributed by atoms with Crippen molar-refractivity contribution >= 4 is 35.2 Å². The van der Waals surface area contributed by atoms with Crippen molar-refractivity contribution in [1.29, 1.82) is 0 Å². The summed E-state index contributed by atoms with van der Waals surface area (Å²) in [6.45, 7) is 3.72. The molecule has 2 rings (SSSR count). The van der Waals surface area contributed by atoms with Gasteiger partial charge in [-0.2, -0.15) is 11.8 Å². The summed E-state index contributed by atoms with van der Waals surface area (Å²) in [4.78, 5) is 27.3. The third-order valence-electron chi connectivity index (χ3n) is 4.30. The van der Waals surface area contributed by atoms with E-state index < -0.39 is 6.04 Å². The molecule has 0 spiro atoms. The average molecular weight is 369 g/mol. The minimum absolute atomic E-state index is 0.0241. The summed E-state index contributed by atoms with van der Waals surface area (Å²) in [5.41, 5.74) is 0.410. The second kappa shape index (κ2) is 9.33. The Kier molecular flexibility index (Phi) is 7.43. The first-order valence-electron chi connectivity index (χ1n) is 8.36. The van der Waals surface area contributed by atoms with E-state index in [0.717, 1.165) is 31.7 Å². The largest absolute Gasteiger partial charge is 0.341 e. The Morgan fingerprint density at radius 3 is 2.83 bits per heavy atom. The Hall–Kier alpha value is -1.20. The van der Waals surface area contributed by atoms with Gasteiger partial charge >= 0.3 is 0 Å². The van der Waals surface area contributed by atoms with Gasteiger partial charge in [-0.3, -0.25) is 9.59 Å². The van der Waals surface area contributed by atoms with Gasteiger partial charge in [-0.25, -0.2) is 0 Å². The van der Waals surface area contributed by atoms with Crippen LogP contribution in [0, 0.1) is 5.92 Å². The van der Waals surface area contributed by atoms with Crippen molar-refractivity contribution in [2.45, 2.75) is 32.2 Å². The lowest BCUT2D eigenvalue weighted by molar-refractivity contribution is -0.135. The molecule has 2 amide bonds. The van der Waals surface area contributed by atoms with Gasteiger partial charge in [0.25, 0.3) is 5.91 Å². The second-order valence-electron chi connectivity index (χ2n) is 6.32. The van der Waals surface area contributed by atoms with Crippen LogP contribution in [0.2, 0.25) is 5.02 Å². The molecule has 0 aromatic heterocycles. The van der Waals surface area contributed by atoms with Crippen LogP contribution in [0.25, 0.3) is 0 Å². The number of piperidine rings is 1. The fraction of sp³-hybridized carbons (Fsp3) is 0.556. The van der Waals surface area contributed by atoms with Crippen molar-refractivity contribution in [3.63, 3.8) is 0 Å². The van der Waals surface area contributed by atoms with Crippen LogP contribution in [0.4, 0.5) is 0 Å². The first-order chi connectivity index (χ1) is 11.5. The zero-order valence-electron chi connectivity index (χ0n) is 14.3. The molecule has 4 nitrogen and oxygen atoms in total. The second-order valence-corrected chi connectivity index (χ2v) is 7.71. The fourth-order valence-electron chi connectivity index (χ4n) is 2.98. The number of hydrogen-bond acceptors (Lipinski definition) is 3. The Bertz CT molecular complexity index is 582. The van der Waals surface area contributed by atoms with E-state index >= 15 is 0 Å². The molecule has 0 aliphatic carbocycles. The highest BCUT2D eigenvalue weighted by atomic mass is 35.5. The maximum atomic E-state index is 12.9. The number of benzene rings is 1. The number of rotatable bonds is 6. The van der Waals surface area contributed by atoms with Gasteiger partial charge < -0.3 is 10.2 Å². The molecule has 6 heteroatoms. The summed E-state index contributed by atoms with van der Waals surface area (Å²) in [6.07, 6.45) is 4.81. The van der Waals surface area contributed by atoms with E-state index in [4.69, 9.17) is 11.6 Å². The number of nitrogens with one attached hydrogen (secondary N) is 1. The van der Waals surface area contributed by atoms with Gasteiger partial charge in [0.05, 0.1) is 10.6 Å². The Morgan fingerprint density at radius 2 is 2.17 bits per heavy atom. The molecule has 1 aromatic carbocycles. The van der Waals surface area contributed by atoms with Crippen LogP contribution in [0.5, 0.6) is 0 Å². The van der Waals surface area contributed by atoms with Gasteiger partial charge in [0, 0.05) is 13.1 Å². The zero-order chi connectivity index (χ0) is 17.5. The number of carbonyl (C=O) groups excluding carboxylic acids is 2. The number of thioether (sulfide) groups is 1. The van der Waals surface area contributed by atoms with Crippen molar-refractivity contribution in [1.82, 2.24) is 10.2 Å². The minimum Gasteiger partial charge on any atom is -0.341 e. The SMILES string of the molecule is CSCC[C@@H](NC(=O)c1ccccc1Cl)C(=O)N1CCC[C@@H](C)C1. The highest BCUT2D eigenvalue weighted by molar-refractivity contribution is 7.98. The summed E-state index contributed by atoms with van der Waals surface area (Å²) in [6, 6.07) is 6.42. The van der Waals surface area contributed by atoms with E-state index in [2.05, 4.69) is 12.2 Å². The van der Waals surface area contributed by atoms with E-state index in [9.17, 15) is 9.59 Å². The Labute approximate surface area is 153 Å². The molecule has 1 fully saturated rings. The zero-order valence-corrected chi connectivity index (χ0v) is 15.8. The van der Waals surface area contributed by atoms with Gasteiger partial charge in [0.1, 0.15) is 6.04 Å².